The van der Waals surface area contributed by atoms with Gasteiger partial charge in [0.2, 0.25) is 0 Å². The van der Waals surface area contributed by atoms with E-state index in [0.29, 0.717) is 6.61 Å². The highest BCUT2D eigenvalue weighted by Crippen LogP contribution is 2.26. The Bertz CT molecular complexity index is 685. The van der Waals surface area contributed by atoms with Gasteiger partial charge in [0, 0.05) is 25.1 Å². The van der Waals surface area contributed by atoms with Crippen molar-refractivity contribution in [3.63, 3.8) is 0 Å². The third-order valence-electron chi connectivity index (χ3n) is 3.68. The van der Waals surface area contributed by atoms with Crippen LogP contribution in [-0.2, 0) is 23.3 Å². The highest BCUT2D eigenvalue weighted by atomic mass is 16.5. The van der Waals surface area contributed by atoms with Gasteiger partial charge in [0.05, 0.1) is 29.4 Å². The number of aromatic nitrogens is 4. The van der Waals surface area contributed by atoms with Crippen LogP contribution in [0, 0.1) is 13.8 Å². The molecule has 23 heavy (non-hydrogen) atoms. The molecule has 0 amide bonds. The number of ether oxygens (including phenoxy) is 1. The van der Waals surface area contributed by atoms with E-state index in [9.17, 15) is 0 Å². The van der Waals surface area contributed by atoms with Crippen LogP contribution in [0.1, 0.15) is 50.6 Å². The molecule has 0 unspecified atom stereocenters. The zero-order valence-corrected chi connectivity index (χ0v) is 15.2. The number of anilines is 2. The second kappa shape index (κ2) is 6.66. The van der Waals surface area contributed by atoms with Crippen molar-refractivity contribution in [2.45, 2.75) is 60.1 Å². The SMILES string of the molecule is CCn1nc(C)c(Nc2cc(COC)nc(C(C)(C)C)n2)c1C. The summed E-state index contributed by atoms with van der Waals surface area (Å²) in [5, 5.41) is 7.96. The maximum Gasteiger partial charge on any atom is 0.136 e. The van der Waals surface area contributed by atoms with Crippen LogP contribution in [-0.4, -0.2) is 26.9 Å². The van der Waals surface area contributed by atoms with Crippen molar-refractivity contribution in [2.75, 3.05) is 12.4 Å². The van der Waals surface area contributed by atoms with Crippen molar-refractivity contribution in [3.8, 4) is 0 Å². The van der Waals surface area contributed by atoms with Crippen LogP contribution in [0.2, 0.25) is 0 Å². The van der Waals surface area contributed by atoms with Gasteiger partial charge in [-0.2, -0.15) is 5.10 Å². The summed E-state index contributed by atoms with van der Waals surface area (Å²) in [7, 11) is 1.67. The third-order valence-corrected chi connectivity index (χ3v) is 3.68. The van der Waals surface area contributed by atoms with E-state index in [1.165, 1.54) is 0 Å². The first-order valence-corrected chi connectivity index (χ1v) is 7.94. The number of rotatable bonds is 5. The number of nitrogens with one attached hydrogen (secondary N) is 1. The van der Waals surface area contributed by atoms with Gasteiger partial charge in [-0.25, -0.2) is 9.97 Å². The first-order valence-electron chi connectivity index (χ1n) is 7.94. The summed E-state index contributed by atoms with van der Waals surface area (Å²) in [6, 6.07) is 1.93. The highest BCUT2D eigenvalue weighted by molar-refractivity contribution is 5.61. The summed E-state index contributed by atoms with van der Waals surface area (Å²) in [6.45, 7) is 13.8. The summed E-state index contributed by atoms with van der Waals surface area (Å²) in [5.41, 5.74) is 3.82. The molecule has 6 nitrogen and oxygen atoms in total. The number of hydrogen-bond acceptors (Lipinski definition) is 5. The van der Waals surface area contributed by atoms with Gasteiger partial charge < -0.3 is 10.1 Å². The van der Waals surface area contributed by atoms with E-state index in [-0.39, 0.29) is 5.41 Å². The minimum Gasteiger partial charge on any atom is -0.378 e. The Labute approximate surface area is 138 Å². The Kier molecular flexibility index (Phi) is 5.04. The fourth-order valence-corrected chi connectivity index (χ4v) is 2.43. The van der Waals surface area contributed by atoms with E-state index in [1.807, 2.05) is 17.7 Å². The molecule has 0 aliphatic carbocycles. The van der Waals surface area contributed by atoms with Crippen LogP contribution < -0.4 is 5.32 Å². The van der Waals surface area contributed by atoms with Gasteiger partial charge in [0.25, 0.3) is 0 Å². The molecule has 0 aliphatic heterocycles. The van der Waals surface area contributed by atoms with Crippen LogP contribution in [0.3, 0.4) is 0 Å². The second-order valence-electron chi connectivity index (χ2n) is 6.74. The number of methoxy groups -OCH3 is 1. The molecule has 2 heterocycles. The Morgan fingerprint density at radius 3 is 2.43 bits per heavy atom. The Balaban J connectivity index is 2.43. The quantitative estimate of drug-likeness (QED) is 0.914. The molecule has 0 saturated heterocycles. The zero-order chi connectivity index (χ0) is 17.2. The summed E-state index contributed by atoms with van der Waals surface area (Å²) < 4.78 is 7.22. The average Bonchev–Trinajstić information content (AvgIpc) is 2.74. The lowest BCUT2D eigenvalue weighted by molar-refractivity contribution is 0.181. The zero-order valence-electron chi connectivity index (χ0n) is 15.2. The topological polar surface area (TPSA) is 64.9 Å². The average molecular weight is 317 g/mol. The summed E-state index contributed by atoms with van der Waals surface area (Å²) in [5.74, 6) is 1.58. The van der Waals surface area contributed by atoms with E-state index in [1.54, 1.807) is 7.11 Å². The molecule has 0 fully saturated rings. The largest absolute Gasteiger partial charge is 0.378 e. The third kappa shape index (κ3) is 3.88. The Hall–Kier alpha value is -1.95. The number of aryl methyl sites for hydroxylation is 2. The lowest BCUT2D eigenvalue weighted by atomic mass is 9.95. The maximum absolute atomic E-state index is 5.24. The summed E-state index contributed by atoms with van der Waals surface area (Å²) in [4.78, 5) is 9.29. The Morgan fingerprint density at radius 1 is 1.22 bits per heavy atom. The van der Waals surface area contributed by atoms with Crippen molar-refractivity contribution in [3.05, 3.63) is 29.0 Å². The lowest BCUT2D eigenvalue weighted by Gasteiger charge is -2.19. The molecule has 2 rings (SSSR count). The molecular formula is C17H27N5O. The van der Waals surface area contributed by atoms with Crippen molar-refractivity contribution in [1.82, 2.24) is 19.7 Å². The van der Waals surface area contributed by atoms with Crippen molar-refractivity contribution < 1.29 is 4.74 Å². The fraction of sp³-hybridized carbons (Fsp3) is 0.588. The predicted octanol–water partition coefficient (Wildman–Crippen LogP) is 3.50. The fourth-order valence-electron chi connectivity index (χ4n) is 2.43. The van der Waals surface area contributed by atoms with Gasteiger partial charge in [-0.3, -0.25) is 4.68 Å². The van der Waals surface area contributed by atoms with Crippen molar-refractivity contribution in [2.24, 2.45) is 0 Å². The first-order chi connectivity index (χ1) is 10.8. The maximum atomic E-state index is 5.24. The van der Waals surface area contributed by atoms with E-state index in [0.717, 1.165) is 41.0 Å². The van der Waals surface area contributed by atoms with E-state index in [4.69, 9.17) is 4.74 Å². The Morgan fingerprint density at radius 2 is 1.91 bits per heavy atom. The van der Waals surface area contributed by atoms with Gasteiger partial charge in [-0.05, 0) is 20.8 Å². The normalized spacial score (nSPS) is 11.8. The minimum atomic E-state index is -0.127. The molecule has 0 atom stereocenters. The molecule has 2 aromatic rings. The van der Waals surface area contributed by atoms with Crippen LogP contribution in [0.5, 0.6) is 0 Å². The molecule has 126 valence electrons. The molecule has 0 radical (unpaired) electrons. The summed E-state index contributed by atoms with van der Waals surface area (Å²) >= 11 is 0. The van der Waals surface area contributed by atoms with Crippen molar-refractivity contribution in [1.29, 1.82) is 0 Å². The predicted molar refractivity (Wildman–Crippen MR) is 92.1 cm³/mol. The van der Waals surface area contributed by atoms with Crippen molar-refractivity contribution >= 4 is 11.5 Å². The molecule has 2 aromatic heterocycles. The molecule has 0 saturated carbocycles. The number of nitrogens with zero attached hydrogens (tertiary/aromatic N) is 4. The lowest BCUT2D eigenvalue weighted by Crippen LogP contribution is -2.18. The second-order valence-corrected chi connectivity index (χ2v) is 6.74. The van der Waals surface area contributed by atoms with Gasteiger partial charge in [-0.15, -0.1) is 0 Å². The number of hydrogen-bond donors (Lipinski definition) is 1. The van der Waals surface area contributed by atoms with Gasteiger partial charge in [-0.1, -0.05) is 20.8 Å². The molecule has 0 aliphatic rings. The minimum absolute atomic E-state index is 0.127. The van der Waals surface area contributed by atoms with Crippen LogP contribution in [0.15, 0.2) is 6.07 Å². The molecular weight excluding hydrogens is 290 g/mol. The monoisotopic (exact) mass is 317 g/mol. The van der Waals surface area contributed by atoms with E-state index >= 15 is 0 Å². The smallest absolute Gasteiger partial charge is 0.136 e. The van der Waals surface area contributed by atoms with Crippen LogP contribution in [0.4, 0.5) is 11.5 Å². The standard InChI is InChI=1S/C17H27N5O/c1-8-22-12(3)15(11(2)21-22)19-14-9-13(10-23-7)18-16(20-14)17(4,5)6/h9H,8,10H2,1-7H3,(H,18,19,20). The highest BCUT2D eigenvalue weighted by Gasteiger charge is 2.20. The van der Waals surface area contributed by atoms with E-state index < -0.39 is 0 Å². The van der Waals surface area contributed by atoms with Gasteiger partial charge in [0.1, 0.15) is 11.6 Å². The molecule has 0 bridgehead atoms. The van der Waals surface area contributed by atoms with Crippen LogP contribution >= 0.6 is 0 Å². The molecule has 0 aromatic carbocycles. The first kappa shape index (κ1) is 17.4. The molecule has 6 heteroatoms. The summed E-state index contributed by atoms with van der Waals surface area (Å²) in [6.07, 6.45) is 0. The van der Waals surface area contributed by atoms with E-state index in [2.05, 4.69) is 55.0 Å². The van der Waals surface area contributed by atoms with Gasteiger partial charge >= 0.3 is 0 Å². The van der Waals surface area contributed by atoms with Crippen LogP contribution in [0.25, 0.3) is 0 Å². The molecule has 1 N–H and O–H groups in total. The molecule has 0 spiro atoms. The van der Waals surface area contributed by atoms with Gasteiger partial charge in [0.15, 0.2) is 0 Å².